The van der Waals surface area contributed by atoms with Crippen molar-refractivity contribution in [3.63, 3.8) is 0 Å². The molecule has 1 heterocycles. The first-order valence-corrected chi connectivity index (χ1v) is 11.2. The van der Waals surface area contributed by atoms with Crippen LogP contribution in [0.3, 0.4) is 0 Å². The van der Waals surface area contributed by atoms with Crippen molar-refractivity contribution < 1.29 is 13.2 Å². The van der Waals surface area contributed by atoms with E-state index >= 15 is 0 Å². The van der Waals surface area contributed by atoms with Gasteiger partial charge >= 0.3 is 0 Å². The second-order valence-electron chi connectivity index (χ2n) is 7.17. The molecule has 1 aromatic heterocycles. The highest BCUT2D eigenvalue weighted by atomic mass is 32.2. The molecular formula is C23H20N4O4S. The molecule has 0 saturated heterocycles. The fourth-order valence-electron chi connectivity index (χ4n) is 3.24. The van der Waals surface area contributed by atoms with Crippen molar-refractivity contribution in [2.75, 3.05) is 10.0 Å². The lowest BCUT2D eigenvalue weighted by Crippen LogP contribution is -2.28. The SMILES string of the molecule is Cc1ccc(NC(=O)Cn2c(=O)cnc3ccccc32)cc1NS(=O)(=O)c1ccccc1. The van der Waals surface area contributed by atoms with Gasteiger partial charge in [-0.05, 0) is 48.9 Å². The summed E-state index contributed by atoms with van der Waals surface area (Å²) in [6.45, 7) is 1.55. The van der Waals surface area contributed by atoms with E-state index in [9.17, 15) is 18.0 Å². The number of carbonyl (C=O) groups excluding carboxylic acids is 1. The molecule has 4 rings (SSSR count). The van der Waals surface area contributed by atoms with E-state index in [1.54, 1.807) is 67.6 Å². The molecule has 0 bridgehead atoms. The van der Waals surface area contributed by atoms with Gasteiger partial charge in [0.2, 0.25) is 5.91 Å². The van der Waals surface area contributed by atoms with Crippen molar-refractivity contribution in [1.29, 1.82) is 0 Å². The summed E-state index contributed by atoms with van der Waals surface area (Å²) >= 11 is 0. The predicted molar refractivity (Wildman–Crippen MR) is 123 cm³/mol. The molecule has 0 atom stereocenters. The van der Waals surface area contributed by atoms with Crippen molar-refractivity contribution in [1.82, 2.24) is 9.55 Å². The van der Waals surface area contributed by atoms with E-state index in [1.165, 1.54) is 22.9 Å². The number of hydrogen-bond donors (Lipinski definition) is 2. The quantitative estimate of drug-likeness (QED) is 0.471. The van der Waals surface area contributed by atoms with Gasteiger partial charge in [0.15, 0.2) is 0 Å². The second-order valence-corrected chi connectivity index (χ2v) is 8.85. The summed E-state index contributed by atoms with van der Waals surface area (Å²) in [4.78, 5) is 29.1. The fourth-order valence-corrected chi connectivity index (χ4v) is 4.38. The number of nitrogens with one attached hydrogen (secondary N) is 2. The maximum atomic E-state index is 12.7. The summed E-state index contributed by atoms with van der Waals surface area (Å²) in [6.07, 6.45) is 1.18. The third-order valence-electron chi connectivity index (χ3n) is 4.87. The number of anilines is 2. The molecule has 0 aliphatic carbocycles. The minimum atomic E-state index is -3.77. The number of aryl methyl sites for hydroxylation is 1. The lowest BCUT2D eigenvalue weighted by molar-refractivity contribution is -0.116. The highest BCUT2D eigenvalue weighted by Gasteiger charge is 2.16. The van der Waals surface area contributed by atoms with Gasteiger partial charge in [0.05, 0.1) is 27.8 Å². The van der Waals surface area contributed by atoms with E-state index in [4.69, 9.17) is 0 Å². The van der Waals surface area contributed by atoms with Gasteiger partial charge in [-0.15, -0.1) is 0 Å². The Bertz CT molecular complexity index is 1460. The topological polar surface area (TPSA) is 110 Å². The molecule has 0 aliphatic heterocycles. The summed E-state index contributed by atoms with van der Waals surface area (Å²) in [6, 6.07) is 20.0. The number of para-hydroxylation sites is 2. The number of sulfonamides is 1. The van der Waals surface area contributed by atoms with Crippen LogP contribution in [0.15, 0.2) is 88.7 Å². The van der Waals surface area contributed by atoms with Crippen LogP contribution in [0, 0.1) is 6.92 Å². The monoisotopic (exact) mass is 448 g/mol. The highest BCUT2D eigenvalue weighted by molar-refractivity contribution is 7.92. The number of hydrogen-bond acceptors (Lipinski definition) is 5. The minimum Gasteiger partial charge on any atom is -0.324 e. The van der Waals surface area contributed by atoms with Crippen molar-refractivity contribution in [2.24, 2.45) is 0 Å². The van der Waals surface area contributed by atoms with Gasteiger partial charge in [0, 0.05) is 5.69 Å². The molecule has 2 N–H and O–H groups in total. The molecule has 4 aromatic rings. The van der Waals surface area contributed by atoms with E-state index < -0.39 is 15.9 Å². The molecule has 162 valence electrons. The van der Waals surface area contributed by atoms with E-state index in [0.717, 1.165) is 0 Å². The molecular weight excluding hydrogens is 428 g/mol. The normalized spacial score (nSPS) is 11.3. The van der Waals surface area contributed by atoms with Crippen molar-refractivity contribution in [3.8, 4) is 0 Å². The van der Waals surface area contributed by atoms with Crippen LogP contribution in [-0.4, -0.2) is 23.9 Å². The van der Waals surface area contributed by atoms with Crippen LogP contribution in [-0.2, 0) is 21.4 Å². The number of nitrogens with zero attached hydrogens (tertiary/aromatic N) is 2. The maximum absolute atomic E-state index is 12.7. The van der Waals surface area contributed by atoms with Crippen molar-refractivity contribution in [2.45, 2.75) is 18.4 Å². The van der Waals surface area contributed by atoms with Gasteiger partial charge in [-0.3, -0.25) is 18.9 Å². The Hall–Kier alpha value is -3.98. The molecule has 8 nitrogen and oxygen atoms in total. The summed E-state index contributed by atoms with van der Waals surface area (Å²) in [5.41, 5.74) is 2.21. The van der Waals surface area contributed by atoms with Gasteiger partial charge in [0.25, 0.3) is 15.6 Å². The first kappa shape index (κ1) is 21.3. The van der Waals surface area contributed by atoms with E-state index in [0.29, 0.717) is 28.0 Å². The van der Waals surface area contributed by atoms with Crippen LogP contribution >= 0.6 is 0 Å². The lowest BCUT2D eigenvalue weighted by atomic mass is 10.2. The van der Waals surface area contributed by atoms with Crippen molar-refractivity contribution >= 4 is 38.3 Å². The smallest absolute Gasteiger partial charge is 0.269 e. The van der Waals surface area contributed by atoms with Gasteiger partial charge in [-0.2, -0.15) is 0 Å². The summed E-state index contributed by atoms with van der Waals surface area (Å²) < 4.78 is 29.2. The van der Waals surface area contributed by atoms with E-state index in [-0.39, 0.29) is 17.0 Å². The predicted octanol–water partition coefficient (Wildman–Crippen LogP) is 3.14. The zero-order valence-corrected chi connectivity index (χ0v) is 18.0. The first-order valence-electron chi connectivity index (χ1n) is 9.76. The number of benzene rings is 3. The Labute approximate surface area is 184 Å². The minimum absolute atomic E-state index is 0.137. The fraction of sp³-hybridized carbons (Fsp3) is 0.0870. The van der Waals surface area contributed by atoms with Gasteiger partial charge in [0.1, 0.15) is 6.54 Å². The molecule has 0 aliphatic rings. The third kappa shape index (κ3) is 4.52. The molecule has 0 fully saturated rings. The van der Waals surface area contributed by atoms with Crippen LogP contribution in [0.1, 0.15) is 5.56 Å². The van der Waals surface area contributed by atoms with E-state index in [2.05, 4.69) is 15.0 Å². The van der Waals surface area contributed by atoms with Crippen LogP contribution in [0.25, 0.3) is 11.0 Å². The van der Waals surface area contributed by atoms with Crippen LogP contribution < -0.4 is 15.6 Å². The summed E-state index contributed by atoms with van der Waals surface area (Å²) in [7, 11) is -3.77. The third-order valence-corrected chi connectivity index (χ3v) is 6.25. The molecule has 9 heteroatoms. The summed E-state index contributed by atoms with van der Waals surface area (Å²) in [5.74, 6) is -0.427. The van der Waals surface area contributed by atoms with E-state index in [1.807, 2.05) is 0 Å². The summed E-state index contributed by atoms with van der Waals surface area (Å²) in [5, 5.41) is 2.72. The Morgan fingerprint density at radius 1 is 1.00 bits per heavy atom. The Balaban J connectivity index is 1.55. The number of rotatable bonds is 6. The van der Waals surface area contributed by atoms with Gasteiger partial charge < -0.3 is 5.32 Å². The molecule has 0 saturated carbocycles. The van der Waals surface area contributed by atoms with Crippen LogP contribution in [0.5, 0.6) is 0 Å². The maximum Gasteiger partial charge on any atom is 0.269 e. The first-order chi connectivity index (χ1) is 15.3. The Morgan fingerprint density at radius 2 is 1.72 bits per heavy atom. The number of amides is 1. The number of fused-ring (bicyclic) bond motifs is 1. The van der Waals surface area contributed by atoms with Crippen molar-refractivity contribution in [3.05, 3.63) is 94.9 Å². The van der Waals surface area contributed by atoms with Gasteiger partial charge in [-0.1, -0.05) is 36.4 Å². The zero-order chi connectivity index (χ0) is 22.7. The Morgan fingerprint density at radius 3 is 2.50 bits per heavy atom. The molecule has 1 amide bonds. The van der Waals surface area contributed by atoms with Crippen LogP contribution in [0.2, 0.25) is 0 Å². The lowest BCUT2D eigenvalue weighted by Gasteiger charge is -2.14. The molecule has 0 spiro atoms. The molecule has 0 unspecified atom stereocenters. The van der Waals surface area contributed by atoms with Gasteiger partial charge in [-0.25, -0.2) is 13.4 Å². The Kier molecular flexibility index (Phi) is 5.74. The highest BCUT2D eigenvalue weighted by Crippen LogP contribution is 2.23. The molecule has 32 heavy (non-hydrogen) atoms. The zero-order valence-electron chi connectivity index (χ0n) is 17.1. The molecule has 3 aromatic carbocycles. The largest absolute Gasteiger partial charge is 0.324 e. The standard InChI is InChI=1S/C23H20N4O4S/c1-16-11-12-17(13-20(16)26-32(30,31)18-7-3-2-4-8-18)25-22(28)15-27-21-10-6-5-9-19(21)24-14-23(27)29/h2-14,26H,15H2,1H3,(H,25,28). The van der Waals surface area contributed by atoms with Crippen LogP contribution in [0.4, 0.5) is 11.4 Å². The second kappa shape index (κ2) is 8.64. The average Bonchev–Trinajstić information content (AvgIpc) is 2.78. The molecule has 0 radical (unpaired) electrons. The number of carbonyl (C=O) groups is 1. The number of aromatic nitrogens is 2. The average molecular weight is 449 g/mol.